The van der Waals surface area contributed by atoms with Gasteiger partial charge in [-0.15, -0.1) is 24.0 Å². The van der Waals surface area contributed by atoms with E-state index in [0.717, 1.165) is 57.9 Å². The molecule has 4 saturated heterocycles. The van der Waals surface area contributed by atoms with Crippen LogP contribution in [0.4, 0.5) is 0 Å². The molecule has 67 heavy (non-hydrogen) atoms. The maximum atomic E-state index is 11.8. The van der Waals surface area contributed by atoms with Crippen molar-refractivity contribution in [3.05, 3.63) is 0 Å². The fourth-order valence-electron chi connectivity index (χ4n) is 8.51. The minimum Gasteiger partial charge on any atom is -1.00 e. The fourth-order valence-corrected chi connectivity index (χ4v) is 8.69. The number of nitrogens with one attached hydrogen (secondary N) is 1. The first kappa shape index (κ1) is 73.8. The molecule has 8 atom stereocenters. The van der Waals surface area contributed by atoms with Crippen molar-refractivity contribution >= 4 is 87.3 Å². The number of rotatable bonds is 19. The number of nitrogens with two attached hydrogens (primary N) is 2. The monoisotopic (exact) mass is 1150 g/mol. The number of amides is 6. The number of alkyl halides is 1. The smallest absolute Gasteiger partial charge is 1.00 e. The predicted octanol–water partition coefficient (Wildman–Crippen LogP) is 2.71. The van der Waals surface area contributed by atoms with E-state index in [1.54, 1.807) is 14.7 Å². The number of halogens is 2. The maximum absolute atomic E-state index is 11.8. The van der Waals surface area contributed by atoms with E-state index in [-0.39, 0.29) is 125 Å². The summed E-state index contributed by atoms with van der Waals surface area (Å²) >= 11 is 3.13. The zero-order valence-corrected chi connectivity index (χ0v) is 48.7. The number of hydrogen-bond donors (Lipinski definition) is 4. The minimum absolute atomic E-state index is 0. The van der Waals surface area contributed by atoms with E-state index in [2.05, 4.69) is 53.7 Å². The Kier molecular flexibility index (Phi) is 45.9. The summed E-state index contributed by atoms with van der Waals surface area (Å²) in [6.45, 7) is 19.1. The Morgan fingerprint density at radius 2 is 0.910 bits per heavy atom. The van der Waals surface area contributed by atoms with Crippen molar-refractivity contribution in [2.45, 2.75) is 181 Å². The fraction of sp³-hybridized carbons (Fsp3) is 0.826. The van der Waals surface area contributed by atoms with Crippen molar-refractivity contribution in [2.24, 2.45) is 35.1 Å². The number of esters is 2. The van der Waals surface area contributed by atoms with Gasteiger partial charge >= 0.3 is 41.5 Å². The first-order valence-electron chi connectivity index (χ1n) is 23.4. The van der Waals surface area contributed by atoms with Gasteiger partial charge < -0.3 is 54.0 Å². The number of methoxy groups -OCH3 is 2. The molecule has 0 bridgehead atoms. The number of carbonyl (C=O) groups is 8. The standard InChI is InChI=1S/C12H21NO3.2C11H20N2O2.C7H13NO.C5H9BrO2.HI.H3N.Na.H2O.H/c1-4-6-9-7-11(14)13(8-9)10(5-2)12(15)16-3;2*1-3-5-8-6-10(14)13(7-8)9(4-2)11(12)15;1-2-3-6-4-7(9)8-5-6;1-3-4(6)5(7)8-2;;;;;/h9-10H,4-8H2,1-3H3;2*8-9H,3-7H2,1-2H3,(H2,12,15);6H,2-5H2,1H3,(H,8,9);4H,3H2,1-2H3;1H;1H3;;1H2;/q;;;;;;;+1;;-1/t9-,10?;2*8-,9?;6-;;;;;;/m1111....../s1. The Hall–Kier alpha value is -2.11. The Morgan fingerprint density at radius 1 is 0.597 bits per heavy atom. The quantitative estimate of drug-likeness (QED) is 0.0631. The summed E-state index contributed by atoms with van der Waals surface area (Å²) in [7, 11) is 2.75. The van der Waals surface area contributed by atoms with Gasteiger partial charge in [-0.1, -0.05) is 97.0 Å². The molecular weight excluding hydrogens is 1060 g/mol. The largest absolute Gasteiger partial charge is 1.00 e. The van der Waals surface area contributed by atoms with Gasteiger partial charge in [0, 0.05) is 51.9 Å². The zero-order chi connectivity index (χ0) is 48.2. The van der Waals surface area contributed by atoms with Crippen LogP contribution in [0.25, 0.3) is 0 Å². The molecule has 6 amide bonds. The molecule has 0 spiro atoms. The van der Waals surface area contributed by atoms with Gasteiger partial charge in [-0.25, -0.2) is 4.79 Å². The molecule has 0 aromatic rings. The number of hydrogen-bond acceptors (Lipinski definition) is 11. The van der Waals surface area contributed by atoms with Gasteiger partial charge in [0.25, 0.3) is 0 Å². The van der Waals surface area contributed by atoms with Crippen LogP contribution < -0.4 is 52.5 Å². The number of ether oxygens (including phenoxy) is 2. The van der Waals surface area contributed by atoms with Crippen LogP contribution in [0, 0.1) is 23.7 Å². The van der Waals surface area contributed by atoms with Crippen LogP contribution in [0.5, 0.6) is 0 Å². The summed E-state index contributed by atoms with van der Waals surface area (Å²) in [5.74, 6) is 1.08. The van der Waals surface area contributed by atoms with E-state index < -0.39 is 12.1 Å². The molecule has 4 fully saturated rings. The van der Waals surface area contributed by atoms with Crippen molar-refractivity contribution in [1.82, 2.24) is 26.2 Å². The molecule has 0 aromatic carbocycles. The van der Waals surface area contributed by atoms with E-state index in [1.807, 2.05) is 27.7 Å². The maximum Gasteiger partial charge on any atom is 1.00 e. The Bertz CT molecular complexity index is 1410. The third-order valence-electron chi connectivity index (χ3n) is 11.8. The van der Waals surface area contributed by atoms with Gasteiger partial charge in [0.2, 0.25) is 35.4 Å². The minimum atomic E-state index is -0.403. The van der Waals surface area contributed by atoms with Crippen LogP contribution in [0.2, 0.25) is 0 Å². The topological polar surface area (TPSA) is 295 Å². The van der Waals surface area contributed by atoms with Crippen molar-refractivity contribution in [2.75, 3.05) is 40.4 Å². The molecule has 390 valence electrons. The molecule has 4 aliphatic rings. The Morgan fingerprint density at radius 3 is 1.13 bits per heavy atom. The van der Waals surface area contributed by atoms with Gasteiger partial charge in [-0.2, -0.15) is 0 Å². The van der Waals surface area contributed by atoms with Crippen LogP contribution in [-0.2, 0) is 47.8 Å². The van der Waals surface area contributed by atoms with Gasteiger partial charge in [0.1, 0.15) is 23.0 Å². The zero-order valence-electron chi connectivity index (χ0n) is 43.8. The van der Waals surface area contributed by atoms with E-state index in [4.69, 9.17) is 16.2 Å². The average molecular weight is 1150 g/mol. The van der Waals surface area contributed by atoms with Crippen molar-refractivity contribution in [1.29, 1.82) is 0 Å². The number of carbonyl (C=O) groups excluding carboxylic acids is 8. The molecule has 21 heteroatoms. The number of primary amides is 2. The number of likely N-dealkylation sites (tertiary alicyclic amines) is 3. The van der Waals surface area contributed by atoms with Crippen LogP contribution in [0.1, 0.15) is 160 Å². The molecular formula is C46H90BrIN7NaO11. The summed E-state index contributed by atoms with van der Waals surface area (Å²) in [5.41, 5.74) is 10.6. The molecule has 4 heterocycles. The van der Waals surface area contributed by atoms with Crippen molar-refractivity contribution in [3.63, 3.8) is 0 Å². The average Bonchev–Trinajstić information content (AvgIpc) is 4.03. The molecule has 18 nitrogen and oxygen atoms in total. The van der Waals surface area contributed by atoms with Crippen LogP contribution >= 0.6 is 39.9 Å². The van der Waals surface area contributed by atoms with Gasteiger partial charge in [0.05, 0.1) is 14.2 Å². The second-order valence-corrected chi connectivity index (χ2v) is 18.0. The van der Waals surface area contributed by atoms with E-state index in [9.17, 15) is 38.4 Å². The van der Waals surface area contributed by atoms with Crippen LogP contribution in [0.3, 0.4) is 0 Å². The van der Waals surface area contributed by atoms with E-state index >= 15 is 0 Å². The molecule has 4 aliphatic heterocycles. The summed E-state index contributed by atoms with van der Waals surface area (Å²) in [4.78, 5) is 95.0. The summed E-state index contributed by atoms with van der Waals surface area (Å²) in [6.07, 6.45) is 13.9. The van der Waals surface area contributed by atoms with E-state index in [1.165, 1.54) is 27.1 Å². The normalized spacial score (nSPS) is 20.8. The van der Waals surface area contributed by atoms with Gasteiger partial charge in [-0.3, -0.25) is 33.6 Å². The first-order valence-corrected chi connectivity index (χ1v) is 24.3. The van der Waals surface area contributed by atoms with Crippen LogP contribution in [-0.4, -0.2) is 131 Å². The third kappa shape index (κ3) is 27.2. The van der Waals surface area contributed by atoms with E-state index in [0.29, 0.717) is 81.8 Å². The second-order valence-electron chi connectivity index (χ2n) is 16.9. The molecule has 0 aliphatic carbocycles. The number of nitrogens with zero attached hydrogens (tertiary/aromatic N) is 3. The molecule has 0 aromatic heterocycles. The SMILES string of the molecule is CCC(Br)C(=O)OC.CCC[C@@H]1CC(=O)N(C(CC)C(=O)OC)C1.CCC[C@@H]1CC(=O)N(C(CC)C(N)=O)C1.CCC[C@@H]1CC(=O)N(C(CC)C(N)=O)C1.CCC[C@H]1CNC(=O)C1.I.N.O.[H-].[Na+]. The molecule has 0 saturated carbocycles. The Labute approximate surface area is 451 Å². The Balaban J connectivity index is -0.000000177. The van der Waals surface area contributed by atoms with Crippen molar-refractivity contribution < 1.29 is 84.3 Å². The second kappa shape index (κ2) is 41.7. The van der Waals surface area contributed by atoms with Crippen molar-refractivity contribution in [3.8, 4) is 0 Å². The van der Waals surface area contributed by atoms with Crippen LogP contribution in [0.15, 0.2) is 0 Å². The first-order chi connectivity index (χ1) is 29.9. The summed E-state index contributed by atoms with van der Waals surface area (Å²) < 4.78 is 9.14. The molecule has 4 rings (SSSR count). The predicted molar refractivity (Wildman–Crippen MR) is 273 cm³/mol. The third-order valence-corrected chi connectivity index (χ3v) is 12.8. The van der Waals surface area contributed by atoms with Gasteiger partial charge in [-0.05, 0) is 75.0 Å². The molecule has 4 unspecified atom stereocenters. The molecule has 0 radical (unpaired) electrons. The summed E-state index contributed by atoms with van der Waals surface area (Å²) in [6, 6.07) is -1.20. The summed E-state index contributed by atoms with van der Waals surface area (Å²) in [5, 5.41) is 2.82. The van der Waals surface area contributed by atoms with Gasteiger partial charge in [0.15, 0.2) is 0 Å². The molecule has 10 N–H and O–H groups in total.